The molecule has 34 heavy (non-hydrogen) atoms. The van der Waals surface area contributed by atoms with Crippen LogP contribution in [0.15, 0.2) is 43.0 Å². The summed E-state index contributed by atoms with van der Waals surface area (Å²) in [6.45, 7) is 0. The Morgan fingerprint density at radius 2 is 1.91 bits per heavy atom. The van der Waals surface area contributed by atoms with Crippen LogP contribution in [0.3, 0.4) is 0 Å². The number of carbonyl (C=O) groups excluding carboxylic acids is 1. The maximum atomic E-state index is 14.5. The summed E-state index contributed by atoms with van der Waals surface area (Å²) in [5.41, 5.74) is 5.99. The quantitative estimate of drug-likeness (QED) is 0.431. The van der Waals surface area contributed by atoms with Crippen molar-refractivity contribution >= 4 is 28.3 Å². The second-order valence-corrected chi connectivity index (χ2v) is 7.13. The van der Waals surface area contributed by atoms with Gasteiger partial charge in [-0.1, -0.05) is 6.07 Å². The summed E-state index contributed by atoms with van der Waals surface area (Å²) in [5.74, 6) is -3.16. The van der Waals surface area contributed by atoms with Crippen LogP contribution in [0.4, 0.5) is 32.2 Å². The van der Waals surface area contributed by atoms with Gasteiger partial charge in [-0.2, -0.15) is 0 Å². The zero-order valence-electron chi connectivity index (χ0n) is 17.1. The Morgan fingerprint density at radius 3 is 2.56 bits per heavy atom. The summed E-state index contributed by atoms with van der Waals surface area (Å²) in [5, 5.41) is 0. The van der Waals surface area contributed by atoms with Crippen LogP contribution in [0.1, 0.15) is 22.1 Å². The first kappa shape index (κ1) is 23.1. The van der Waals surface area contributed by atoms with Gasteiger partial charge < -0.3 is 15.4 Å². The van der Waals surface area contributed by atoms with Crippen LogP contribution in [-0.4, -0.2) is 50.0 Å². The smallest absolute Gasteiger partial charge is 0.406 e. The molecule has 0 saturated heterocycles. The second kappa shape index (κ2) is 8.35. The number of hydrogen-bond donors (Lipinski definition) is 1. The lowest BCUT2D eigenvalue weighted by atomic mass is 10.0. The van der Waals surface area contributed by atoms with E-state index in [0.717, 1.165) is 7.05 Å². The van der Waals surface area contributed by atoms with Crippen LogP contribution in [0.2, 0.25) is 0 Å². The highest BCUT2D eigenvalue weighted by atomic mass is 19.4. The predicted octanol–water partition coefficient (Wildman–Crippen LogP) is 3.98. The summed E-state index contributed by atoms with van der Waals surface area (Å²) in [6.07, 6.45) is -4.30. The van der Waals surface area contributed by atoms with Crippen molar-refractivity contribution in [1.29, 1.82) is 0 Å². The minimum Gasteiger partial charge on any atom is -0.406 e. The number of pyridine rings is 1. The van der Waals surface area contributed by atoms with Gasteiger partial charge in [0, 0.05) is 18.7 Å². The van der Waals surface area contributed by atoms with Crippen LogP contribution in [0.25, 0.3) is 16.6 Å². The largest absolute Gasteiger partial charge is 0.573 e. The predicted molar refractivity (Wildman–Crippen MR) is 107 cm³/mol. The minimum atomic E-state index is -5.09. The number of carbonyl (C=O) groups is 1. The van der Waals surface area contributed by atoms with Crippen molar-refractivity contribution in [2.45, 2.75) is 18.8 Å². The van der Waals surface area contributed by atoms with Gasteiger partial charge in [0.15, 0.2) is 0 Å². The van der Waals surface area contributed by atoms with Crippen LogP contribution in [-0.2, 0) is 0 Å². The van der Waals surface area contributed by atoms with E-state index in [1.807, 2.05) is 0 Å². The molecule has 0 aliphatic heterocycles. The van der Waals surface area contributed by atoms with Crippen molar-refractivity contribution in [3.05, 3.63) is 60.1 Å². The molecule has 8 nitrogen and oxygen atoms in total. The lowest BCUT2D eigenvalue weighted by Crippen LogP contribution is -2.36. The Kier molecular flexibility index (Phi) is 5.67. The average molecular weight is 484 g/mol. The summed E-state index contributed by atoms with van der Waals surface area (Å²) >= 11 is 0. The molecule has 1 amide bonds. The average Bonchev–Trinajstić information content (AvgIpc) is 3.24. The molecule has 0 radical (unpaired) electrons. The highest BCUT2D eigenvalue weighted by Crippen LogP contribution is 2.33. The SMILES string of the molecule is CN(C(=O)c1cc2c(cn1)nc(N)c1cncn12)[C@@H](c1ccc(OC(F)(F)F)cc1F)C(F)F. The first-order valence-electron chi connectivity index (χ1n) is 9.44. The minimum absolute atomic E-state index is 0.161. The van der Waals surface area contributed by atoms with E-state index in [0.29, 0.717) is 39.6 Å². The number of alkyl halides is 5. The molecule has 2 N–H and O–H groups in total. The molecule has 3 aromatic heterocycles. The van der Waals surface area contributed by atoms with Crippen LogP contribution < -0.4 is 10.5 Å². The van der Waals surface area contributed by atoms with E-state index in [-0.39, 0.29) is 11.5 Å². The van der Waals surface area contributed by atoms with Crippen LogP contribution in [0, 0.1) is 5.82 Å². The van der Waals surface area contributed by atoms with Gasteiger partial charge >= 0.3 is 6.36 Å². The lowest BCUT2D eigenvalue weighted by molar-refractivity contribution is -0.274. The first-order chi connectivity index (χ1) is 16.0. The van der Waals surface area contributed by atoms with Crippen molar-refractivity contribution in [2.75, 3.05) is 12.8 Å². The molecular weight excluding hydrogens is 470 g/mol. The molecule has 3 heterocycles. The molecule has 0 unspecified atom stereocenters. The fraction of sp³-hybridized carbons (Fsp3) is 0.200. The van der Waals surface area contributed by atoms with E-state index in [1.165, 1.54) is 29.2 Å². The zero-order chi connectivity index (χ0) is 24.8. The highest BCUT2D eigenvalue weighted by molar-refractivity contribution is 5.96. The Hall–Kier alpha value is -4.10. The number of benzene rings is 1. The fourth-order valence-electron chi connectivity index (χ4n) is 3.46. The van der Waals surface area contributed by atoms with Crippen LogP contribution >= 0.6 is 0 Å². The third kappa shape index (κ3) is 4.25. The number of nitrogens with two attached hydrogens (primary N) is 1. The number of nitrogens with zero attached hydrogens (tertiary/aromatic N) is 5. The van der Waals surface area contributed by atoms with Crippen molar-refractivity contribution in [1.82, 2.24) is 24.3 Å². The van der Waals surface area contributed by atoms with Gasteiger partial charge in [0.25, 0.3) is 12.3 Å². The van der Waals surface area contributed by atoms with Crippen molar-refractivity contribution < 1.29 is 35.9 Å². The fourth-order valence-corrected chi connectivity index (χ4v) is 3.46. The molecule has 4 aromatic rings. The van der Waals surface area contributed by atoms with Crippen molar-refractivity contribution in [3.63, 3.8) is 0 Å². The molecule has 1 aromatic carbocycles. The molecule has 4 rings (SSSR count). The topological polar surface area (TPSA) is 98.6 Å². The lowest BCUT2D eigenvalue weighted by Gasteiger charge is -2.28. The number of ether oxygens (including phenoxy) is 1. The van der Waals surface area contributed by atoms with Gasteiger partial charge in [0.05, 0.1) is 24.2 Å². The van der Waals surface area contributed by atoms with E-state index in [9.17, 15) is 31.1 Å². The molecule has 0 bridgehead atoms. The number of hydrogen-bond acceptors (Lipinski definition) is 6. The molecule has 0 aliphatic rings. The van der Waals surface area contributed by atoms with Gasteiger partial charge in [-0.3, -0.25) is 9.20 Å². The maximum absolute atomic E-state index is 14.5. The Morgan fingerprint density at radius 1 is 1.18 bits per heavy atom. The summed E-state index contributed by atoms with van der Waals surface area (Å²) in [6, 6.07) is 0.861. The van der Waals surface area contributed by atoms with E-state index < -0.39 is 41.9 Å². The molecule has 14 heteroatoms. The van der Waals surface area contributed by atoms with E-state index >= 15 is 0 Å². The van der Waals surface area contributed by atoms with E-state index in [2.05, 4.69) is 19.7 Å². The first-order valence-corrected chi connectivity index (χ1v) is 9.44. The number of imidazole rings is 1. The number of fused-ring (bicyclic) bond motifs is 3. The molecule has 0 aliphatic carbocycles. The molecule has 178 valence electrons. The van der Waals surface area contributed by atoms with Gasteiger partial charge in [0.1, 0.15) is 40.2 Å². The Bertz CT molecular complexity index is 1390. The Balaban J connectivity index is 1.70. The standard InChI is InChI=1S/C20H14F6N6O2/c1-31(16(17(22)23)10-3-2-9(4-11(10)21)34-20(24,25)26)19(33)12-5-14-13(6-29-12)30-18(27)15-7-28-8-32(14)15/h2-8,16-17H,1H3,(H2,27,30)/t16-/m0/s1. The summed E-state index contributed by atoms with van der Waals surface area (Å²) in [4.78, 5) is 25.6. The molecule has 1 atom stereocenters. The number of rotatable bonds is 5. The molecule has 0 saturated carbocycles. The Labute approximate surface area is 186 Å². The second-order valence-electron chi connectivity index (χ2n) is 7.13. The van der Waals surface area contributed by atoms with Crippen molar-refractivity contribution in [3.8, 4) is 5.75 Å². The number of aromatic nitrogens is 4. The maximum Gasteiger partial charge on any atom is 0.573 e. The number of anilines is 1. The van der Waals surface area contributed by atoms with E-state index in [4.69, 9.17) is 5.73 Å². The third-order valence-corrected chi connectivity index (χ3v) is 4.98. The number of nitrogen functional groups attached to an aromatic ring is 1. The normalized spacial score (nSPS) is 12.9. The summed E-state index contributed by atoms with van der Waals surface area (Å²) in [7, 11) is 0.999. The van der Waals surface area contributed by atoms with Crippen molar-refractivity contribution in [2.24, 2.45) is 0 Å². The molecule has 0 spiro atoms. The van der Waals surface area contributed by atoms with E-state index in [1.54, 1.807) is 0 Å². The highest BCUT2D eigenvalue weighted by Gasteiger charge is 2.35. The molecular formula is C20H14F6N6O2. The third-order valence-electron chi connectivity index (χ3n) is 4.98. The van der Waals surface area contributed by atoms with Gasteiger partial charge in [-0.15, -0.1) is 13.2 Å². The van der Waals surface area contributed by atoms with Crippen LogP contribution in [0.5, 0.6) is 5.75 Å². The molecule has 0 fully saturated rings. The monoisotopic (exact) mass is 484 g/mol. The number of amides is 1. The number of halogens is 6. The summed E-state index contributed by atoms with van der Waals surface area (Å²) < 4.78 is 84.5. The van der Waals surface area contributed by atoms with Gasteiger partial charge in [-0.05, 0) is 12.1 Å². The van der Waals surface area contributed by atoms with Gasteiger partial charge in [0.2, 0.25) is 0 Å². The van der Waals surface area contributed by atoms with Gasteiger partial charge in [-0.25, -0.2) is 28.1 Å². The zero-order valence-corrected chi connectivity index (χ0v) is 17.1.